The largest absolute Gasteiger partial charge is 0.496 e. The number of para-hydroxylation sites is 3. The number of nitrogens with zero attached hydrogens (tertiary/aromatic N) is 2. The topological polar surface area (TPSA) is 62.3 Å². The Kier molecular flexibility index (Phi) is 3.33. The van der Waals surface area contributed by atoms with Gasteiger partial charge in [-0.2, -0.15) is 5.10 Å². The molecule has 5 heteroatoms. The van der Waals surface area contributed by atoms with E-state index in [-0.39, 0.29) is 0 Å². The van der Waals surface area contributed by atoms with Crippen molar-refractivity contribution in [1.82, 2.24) is 9.97 Å². The normalized spacial score (nSPS) is 11.1. The molecule has 0 aliphatic carbocycles. The van der Waals surface area contributed by atoms with Crippen molar-refractivity contribution in [1.29, 1.82) is 0 Å². The molecule has 0 radical (unpaired) electrons. The van der Waals surface area contributed by atoms with Crippen LogP contribution in [0.1, 0.15) is 5.56 Å². The molecule has 1 aromatic heterocycles. The monoisotopic (exact) mass is 266 g/mol. The summed E-state index contributed by atoms with van der Waals surface area (Å²) < 4.78 is 5.25. The van der Waals surface area contributed by atoms with Gasteiger partial charge in [-0.1, -0.05) is 24.3 Å². The summed E-state index contributed by atoms with van der Waals surface area (Å²) >= 11 is 0. The second-order valence-corrected chi connectivity index (χ2v) is 4.21. The molecule has 0 unspecified atom stereocenters. The lowest BCUT2D eigenvalue weighted by molar-refractivity contribution is 0.414. The number of aromatic nitrogens is 2. The molecule has 3 rings (SSSR count). The predicted molar refractivity (Wildman–Crippen MR) is 80.3 cm³/mol. The number of anilines is 1. The molecular formula is C15H14N4O. The average molecular weight is 266 g/mol. The molecule has 0 atom stereocenters. The number of ether oxygens (including phenoxy) is 1. The van der Waals surface area contributed by atoms with Crippen molar-refractivity contribution in [3.63, 3.8) is 0 Å². The summed E-state index contributed by atoms with van der Waals surface area (Å²) in [5, 5.41) is 4.17. The van der Waals surface area contributed by atoms with Gasteiger partial charge in [-0.15, -0.1) is 0 Å². The fraction of sp³-hybridized carbons (Fsp3) is 0.0667. The third-order valence-electron chi connectivity index (χ3n) is 2.90. The van der Waals surface area contributed by atoms with Gasteiger partial charge < -0.3 is 9.72 Å². The Morgan fingerprint density at radius 1 is 1.15 bits per heavy atom. The number of fused-ring (bicyclic) bond motifs is 1. The summed E-state index contributed by atoms with van der Waals surface area (Å²) in [6, 6.07) is 15.5. The Morgan fingerprint density at radius 2 is 1.95 bits per heavy atom. The average Bonchev–Trinajstić information content (AvgIpc) is 2.90. The molecule has 0 spiro atoms. The van der Waals surface area contributed by atoms with Gasteiger partial charge in [0.15, 0.2) is 0 Å². The van der Waals surface area contributed by atoms with Crippen molar-refractivity contribution in [3.8, 4) is 5.75 Å². The van der Waals surface area contributed by atoms with Crippen molar-refractivity contribution in [2.75, 3.05) is 12.5 Å². The van der Waals surface area contributed by atoms with Crippen molar-refractivity contribution in [2.45, 2.75) is 0 Å². The van der Waals surface area contributed by atoms with Crippen molar-refractivity contribution >= 4 is 23.2 Å². The lowest BCUT2D eigenvalue weighted by Crippen LogP contribution is -1.94. The smallest absolute Gasteiger partial charge is 0.222 e. The van der Waals surface area contributed by atoms with Crippen LogP contribution in [0.5, 0.6) is 5.75 Å². The first-order chi connectivity index (χ1) is 9.86. The number of nitrogens with one attached hydrogen (secondary N) is 2. The molecule has 20 heavy (non-hydrogen) atoms. The van der Waals surface area contributed by atoms with Crippen LogP contribution in [0.25, 0.3) is 11.0 Å². The third kappa shape index (κ3) is 2.47. The van der Waals surface area contributed by atoms with Gasteiger partial charge in [-0.05, 0) is 24.3 Å². The summed E-state index contributed by atoms with van der Waals surface area (Å²) in [5.41, 5.74) is 5.66. The van der Waals surface area contributed by atoms with Crippen LogP contribution in [0.15, 0.2) is 53.6 Å². The molecule has 0 fully saturated rings. The minimum atomic E-state index is 0.609. The lowest BCUT2D eigenvalue weighted by atomic mass is 10.2. The first-order valence-corrected chi connectivity index (χ1v) is 6.23. The third-order valence-corrected chi connectivity index (χ3v) is 2.90. The molecule has 2 aromatic carbocycles. The minimum absolute atomic E-state index is 0.609. The fourth-order valence-electron chi connectivity index (χ4n) is 1.94. The second kappa shape index (κ2) is 5.44. The zero-order valence-electron chi connectivity index (χ0n) is 11.0. The minimum Gasteiger partial charge on any atom is -0.496 e. The van der Waals surface area contributed by atoms with E-state index in [2.05, 4.69) is 20.5 Å². The first kappa shape index (κ1) is 12.2. The Bertz CT molecular complexity index is 715. The van der Waals surface area contributed by atoms with Crippen LogP contribution in [0.4, 0.5) is 5.95 Å². The van der Waals surface area contributed by atoms with E-state index in [1.807, 2.05) is 48.5 Å². The summed E-state index contributed by atoms with van der Waals surface area (Å²) in [7, 11) is 1.64. The van der Waals surface area contributed by atoms with Crippen LogP contribution >= 0.6 is 0 Å². The van der Waals surface area contributed by atoms with Crippen LogP contribution in [0, 0.1) is 0 Å². The zero-order valence-corrected chi connectivity index (χ0v) is 11.0. The van der Waals surface area contributed by atoms with Crippen LogP contribution in [-0.2, 0) is 0 Å². The van der Waals surface area contributed by atoms with Crippen molar-refractivity contribution in [2.24, 2.45) is 5.10 Å². The molecule has 100 valence electrons. The predicted octanol–water partition coefficient (Wildman–Crippen LogP) is 3.02. The number of hydrazone groups is 1. The van der Waals surface area contributed by atoms with Crippen LogP contribution < -0.4 is 10.2 Å². The quantitative estimate of drug-likeness (QED) is 0.563. The second-order valence-electron chi connectivity index (χ2n) is 4.21. The highest BCUT2D eigenvalue weighted by atomic mass is 16.5. The van der Waals surface area contributed by atoms with Gasteiger partial charge in [0, 0.05) is 5.56 Å². The standard InChI is InChI=1S/C15H14N4O/c1-20-14-9-5-2-6-11(14)10-16-19-15-17-12-7-3-4-8-13(12)18-15/h2-10H,1H3,(H2,17,18,19)/b16-10+. The number of imidazole rings is 1. The number of H-pyrrole nitrogens is 1. The van der Waals surface area contributed by atoms with Crippen molar-refractivity contribution in [3.05, 3.63) is 54.1 Å². The van der Waals surface area contributed by atoms with E-state index in [9.17, 15) is 0 Å². The highest BCUT2D eigenvalue weighted by molar-refractivity contribution is 5.84. The van der Waals surface area contributed by atoms with Gasteiger partial charge >= 0.3 is 0 Å². The molecule has 2 N–H and O–H groups in total. The molecule has 3 aromatic rings. The van der Waals surface area contributed by atoms with Gasteiger partial charge in [0.2, 0.25) is 5.95 Å². The van der Waals surface area contributed by atoms with Crippen LogP contribution in [-0.4, -0.2) is 23.3 Å². The highest BCUT2D eigenvalue weighted by Gasteiger charge is 2.00. The van der Waals surface area contributed by atoms with E-state index in [1.165, 1.54) is 0 Å². The van der Waals surface area contributed by atoms with Gasteiger partial charge in [0.1, 0.15) is 5.75 Å². The maximum Gasteiger partial charge on any atom is 0.222 e. The van der Waals surface area contributed by atoms with E-state index in [0.29, 0.717) is 5.95 Å². The summed E-state index contributed by atoms with van der Waals surface area (Å²) in [6.45, 7) is 0. The van der Waals surface area contributed by atoms with E-state index in [4.69, 9.17) is 4.74 Å². The number of methoxy groups -OCH3 is 1. The number of aromatic amines is 1. The van der Waals surface area contributed by atoms with Crippen molar-refractivity contribution < 1.29 is 4.74 Å². The Balaban J connectivity index is 1.77. The van der Waals surface area contributed by atoms with E-state index >= 15 is 0 Å². The first-order valence-electron chi connectivity index (χ1n) is 6.23. The van der Waals surface area contributed by atoms with E-state index in [1.54, 1.807) is 13.3 Å². The van der Waals surface area contributed by atoms with Crippen LogP contribution in [0.2, 0.25) is 0 Å². The SMILES string of the molecule is COc1ccccc1/C=N/Nc1nc2ccccc2[nH]1. The van der Waals surface area contributed by atoms with Crippen LogP contribution in [0.3, 0.4) is 0 Å². The molecule has 0 amide bonds. The zero-order chi connectivity index (χ0) is 13.8. The summed E-state index contributed by atoms with van der Waals surface area (Å²) in [5.74, 6) is 1.39. The van der Waals surface area contributed by atoms with Gasteiger partial charge in [0.25, 0.3) is 0 Å². The lowest BCUT2D eigenvalue weighted by Gasteiger charge is -2.02. The molecule has 1 heterocycles. The highest BCUT2D eigenvalue weighted by Crippen LogP contribution is 2.15. The fourth-order valence-corrected chi connectivity index (χ4v) is 1.94. The summed E-state index contributed by atoms with van der Waals surface area (Å²) in [4.78, 5) is 7.52. The Hall–Kier alpha value is -2.82. The molecule has 0 bridgehead atoms. The molecule has 0 saturated heterocycles. The van der Waals surface area contributed by atoms with Gasteiger partial charge in [-0.3, -0.25) is 0 Å². The maximum absolute atomic E-state index is 5.25. The number of benzene rings is 2. The van der Waals surface area contributed by atoms with Gasteiger partial charge in [0.05, 0.1) is 24.4 Å². The number of hydrogen-bond donors (Lipinski definition) is 2. The molecule has 0 saturated carbocycles. The van der Waals surface area contributed by atoms with E-state index in [0.717, 1.165) is 22.3 Å². The molecule has 0 aliphatic rings. The maximum atomic E-state index is 5.25. The number of rotatable bonds is 4. The van der Waals surface area contributed by atoms with Gasteiger partial charge in [-0.25, -0.2) is 10.4 Å². The molecule has 5 nitrogen and oxygen atoms in total. The summed E-state index contributed by atoms with van der Waals surface area (Å²) in [6.07, 6.45) is 1.70. The van der Waals surface area contributed by atoms with E-state index < -0.39 is 0 Å². The number of hydrogen-bond acceptors (Lipinski definition) is 4. The molecule has 0 aliphatic heterocycles. The Labute approximate surface area is 116 Å². The molecular weight excluding hydrogens is 252 g/mol. The Morgan fingerprint density at radius 3 is 2.80 bits per heavy atom.